The Labute approximate surface area is 144 Å². The quantitative estimate of drug-likeness (QED) is 0.779. The Hall–Kier alpha value is -3.03. The van der Waals surface area contributed by atoms with Crippen molar-refractivity contribution in [3.63, 3.8) is 0 Å². The van der Waals surface area contributed by atoms with Crippen molar-refractivity contribution in [2.45, 2.75) is 32.2 Å². The molecular weight excluding hydrogens is 320 g/mol. The first-order valence-corrected chi connectivity index (χ1v) is 8.27. The van der Waals surface area contributed by atoms with Crippen LogP contribution in [0.5, 0.6) is 0 Å². The largest absolute Gasteiger partial charge is 0.344 e. The molecule has 4 rings (SSSR count). The Kier molecular flexibility index (Phi) is 3.79. The van der Waals surface area contributed by atoms with Gasteiger partial charge < -0.3 is 9.84 Å². The summed E-state index contributed by atoms with van der Waals surface area (Å²) < 4.78 is 6.69. The zero-order valence-corrected chi connectivity index (χ0v) is 14.1. The summed E-state index contributed by atoms with van der Waals surface area (Å²) in [4.78, 5) is 16.7. The van der Waals surface area contributed by atoms with E-state index in [1.165, 1.54) is 10.2 Å². The molecule has 0 aliphatic heterocycles. The standard InChI is InChI=1S/C17H18N6O2/c1-3-15-19-16(21-25-15)11-4-6-12-10(8-11)5-7-13(12)18-17(24)14-9-23(2)22-20-14/h4,6,8-9,13H,3,5,7H2,1-2H3,(H,18,24)/t13-/m1/s1. The molecule has 2 aromatic heterocycles. The summed E-state index contributed by atoms with van der Waals surface area (Å²) in [5, 5.41) is 14.7. The van der Waals surface area contributed by atoms with Crippen LogP contribution in [0, 0.1) is 0 Å². The number of aryl methyl sites for hydroxylation is 3. The molecule has 0 radical (unpaired) electrons. The van der Waals surface area contributed by atoms with E-state index in [1.54, 1.807) is 13.2 Å². The maximum atomic E-state index is 12.3. The first-order chi connectivity index (χ1) is 12.1. The molecule has 1 N–H and O–H groups in total. The van der Waals surface area contributed by atoms with E-state index in [0.717, 1.165) is 24.0 Å². The van der Waals surface area contributed by atoms with E-state index in [1.807, 2.05) is 19.1 Å². The maximum Gasteiger partial charge on any atom is 0.273 e. The summed E-state index contributed by atoms with van der Waals surface area (Å²) in [7, 11) is 1.73. The second-order valence-corrected chi connectivity index (χ2v) is 6.12. The Morgan fingerprint density at radius 3 is 3.04 bits per heavy atom. The molecule has 8 heteroatoms. The first-order valence-electron chi connectivity index (χ1n) is 8.27. The molecule has 0 saturated carbocycles. The minimum absolute atomic E-state index is 0.0185. The van der Waals surface area contributed by atoms with Gasteiger partial charge in [0.1, 0.15) is 0 Å². The molecule has 3 aromatic rings. The molecule has 25 heavy (non-hydrogen) atoms. The van der Waals surface area contributed by atoms with Gasteiger partial charge in [0.25, 0.3) is 5.91 Å². The van der Waals surface area contributed by atoms with Gasteiger partial charge in [-0.2, -0.15) is 4.98 Å². The van der Waals surface area contributed by atoms with E-state index in [9.17, 15) is 4.79 Å². The summed E-state index contributed by atoms with van der Waals surface area (Å²) in [6, 6.07) is 6.06. The van der Waals surface area contributed by atoms with E-state index < -0.39 is 0 Å². The van der Waals surface area contributed by atoms with Crippen LogP contribution >= 0.6 is 0 Å². The van der Waals surface area contributed by atoms with Crippen LogP contribution in [-0.4, -0.2) is 31.0 Å². The molecule has 0 bridgehead atoms. The van der Waals surface area contributed by atoms with Crippen LogP contribution in [0.25, 0.3) is 11.4 Å². The maximum absolute atomic E-state index is 12.3. The summed E-state index contributed by atoms with van der Waals surface area (Å²) in [5.41, 5.74) is 3.58. The van der Waals surface area contributed by atoms with Crippen molar-refractivity contribution in [2.75, 3.05) is 0 Å². The lowest BCUT2D eigenvalue weighted by atomic mass is 10.0. The smallest absolute Gasteiger partial charge is 0.273 e. The van der Waals surface area contributed by atoms with E-state index in [4.69, 9.17) is 4.52 Å². The minimum Gasteiger partial charge on any atom is -0.344 e. The van der Waals surface area contributed by atoms with Crippen molar-refractivity contribution in [3.8, 4) is 11.4 Å². The number of nitrogens with one attached hydrogen (secondary N) is 1. The Bertz CT molecular complexity index is 929. The number of hydrogen-bond donors (Lipinski definition) is 1. The highest BCUT2D eigenvalue weighted by Crippen LogP contribution is 2.33. The summed E-state index contributed by atoms with van der Waals surface area (Å²) >= 11 is 0. The van der Waals surface area contributed by atoms with Crippen molar-refractivity contribution in [3.05, 3.63) is 47.1 Å². The predicted molar refractivity (Wildman–Crippen MR) is 88.6 cm³/mol. The van der Waals surface area contributed by atoms with Gasteiger partial charge in [-0.15, -0.1) is 5.10 Å². The third-order valence-corrected chi connectivity index (χ3v) is 4.39. The van der Waals surface area contributed by atoms with E-state index in [0.29, 0.717) is 23.8 Å². The van der Waals surface area contributed by atoms with Crippen molar-refractivity contribution in [1.82, 2.24) is 30.5 Å². The number of nitrogens with zero attached hydrogens (tertiary/aromatic N) is 5. The minimum atomic E-state index is -0.208. The van der Waals surface area contributed by atoms with Crippen LogP contribution in [0.3, 0.4) is 0 Å². The van der Waals surface area contributed by atoms with Crippen LogP contribution in [0.4, 0.5) is 0 Å². The van der Waals surface area contributed by atoms with Crippen molar-refractivity contribution < 1.29 is 9.32 Å². The number of carbonyl (C=O) groups excluding carboxylic acids is 1. The Morgan fingerprint density at radius 1 is 1.44 bits per heavy atom. The van der Waals surface area contributed by atoms with Gasteiger partial charge in [0.05, 0.1) is 12.2 Å². The number of aromatic nitrogens is 5. The molecule has 0 saturated heterocycles. The van der Waals surface area contributed by atoms with Crippen LogP contribution < -0.4 is 5.32 Å². The zero-order valence-electron chi connectivity index (χ0n) is 14.1. The molecule has 2 heterocycles. The molecule has 0 unspecified atom stereocenters. The molecule has 1 aromatic carbocycles. The Morgan fingerprint density at radius 2 is 2.32 bits per heavy atom. The molecule has 128 valence electrons. The summed E-state index contributed by atoms with van der Waals surface area (Å²) in [5.74, 6) is 1.03. The lowest BCUT2D eigenvalue weighted by Crippen LogP contribution is -2.27. The highest BCUT2D eigenvalue weighted by molar-refractivity contribution is 5.92. The van der Waals surface area contributed by atoms with Gasteiger partial charge in [0.15, 0.2) is 5.69 Å². The number of rotatable bonds is 4. The van der Waals surface area contributed by atoms with Crippen molar-refractivity contribution in [2.24, 2.45) is 7.05 Å². The van der Waals surface area contributed by atoms with Gasteiger partial charge in [0, 0.05) is 19.0 Å². The summed E-state index contributed by atoms with van der Waals surface area (Å²) in [6.07, 6.45) is 4.08. The Balaban J connectivity index is 1.54. The molecule has 0 spiro atoms. The third kappa shape index (κ3) is 2.90. The topological polar surface area (TPSA) is 98.7 Å². The van der Waals surface area contributed by atoms with Crippen molar-refractivity contribution >= 4 is 5.91 Å². The van der Waals surface area contributed by atoms with Crippen LogP contribution in [0.15, 0.2) is 28.9 Å². The molecule has 1 aliphatic carbocycles. The fraction of sp³-hybridized carbons (Fsp3) is 0.353. The van der Waals surface area contributed by atoms with Gasteiger partial charge >= 0.3 is 0 Å². The van der Waals surface area contributed by atoms with Crippen LogP contribution in [-0.2, 0) is 19.9 Å². The third-order valence-electron chi connectivity index (χ3n) is 4.39. The number of carbonyl (C=O) groups is 1. The fourth-order valence-electron chi connectivity index (χ4n) is 3.11. The lowest BCUT2D eigenvalue weighted by Gasteiger charge is -2.13. The highest BCUT2D eigenvalue weighted by Gasteiger charge is 2.26. The van der Waals surface area contributed by atoms with Crippen LogP contribution in [0.2, 0.25) is 0 Å². The van der Waals surface area contributed by atoms with Gasteiger partial charge in [0.2, 0.25) is 11.7 Å². The predicted octanol–water partition coefficient (Wildman–Crippen LogP) is 1.84. The number of hydrogen-bond acceptors (Lipinski definition) is 6. The van der Waals surface area contributed by atoms with Gasteiger partial charge in [-0.3, -0.25) is 9.48 Å². The van der Waals surface area contributed by atoms with E-state index in [-0.39, 0.29) is 11.9 Å². The second-order valence-electron chi connectivity index (χ2n) is 6.12. The number of amides is 1. The fourth-order valence-corrected chi connectivity index (χ4v) is 3.11. The average Bonchev–Trinajstić information content (AvgIpc) is 3.34. The van der Waals surface area contributed by atoms with Gasteiger partial charge in [-0.25, -0.2) is 0 Å². The van der Waals surface area contributed by atoms with Crippen LogP contribution in [0.1, 0.15) is 46.9 Å². The molecule has 1 aliphatic rings. The monoisotopic (exact) mass is 338 g/mol. The summed E-state index contributed by atoms with van der Waals surface area (Å²) in [6.45, 7) is 1.98. The second kappa shape index (κ2) is 6.12. The molecule has 8 nitrogen and oxygen atoms in total. The SMILES string of the molecule is CCc1nc(-c2ccc3c(c2)CC[C@H]3NC(=O)c2cn(C)nn2)no1. The normalized spacial score (nSPS) is 16.0. The molecular formula is C17H18N6O2. The molecule has 1 amide bonds. The number of fused-ring (bicyclic) bond motifs is 1. The van der Waals surface area contributed by atoms with E-state index >= 15 is 0 Å². The lowest BCUT2D eigenvalue weighted by molar-refractivity contribution is 0.0931. The zero-order chi connectivity index (χ0) is 17.4. The molecule has 1 atom stereocenters. The van der Waals surface area contributed by atoms with Crippen molar-refractivity contribution in [1.29, 1.82) is 0 Å². The van der Waals surface area contributed by atoms with E-state index in [2.05, 4.69) is 31.8 Å². The number of benzene rings is 1. The average molecular weight is 338 g/mol. The first kappa shape index (κ1) is 15.5. The van der Waals surface area contributed by atoms with Gasteiger partial charge in [-0.05, 0) is 30.0 Å². The molecule has 0 fully saturated rings. The van der Waals surface area contributed by atoms with Gasteiger partial charge in [-0.1, -0.05) is 29.4 Å². The highest BCUT2D eigenvalue weighted by atomic mass is 16.5.